The van der Waals surface area contributed by atoms with Crippen LogP contribution in [0.2, 0.25) is 0 Å². The monoisotopic (exact) mass is 1270 g/mol. The Hall–Kier alpha value is -8.38. The molecule has 0 spiro atoms. The molecule has 3 fully saturated rings. The summed E-state index contributed by atoms with van der Waals surface area (Å²) >= 11 is 0. The number of benzene rings is 3. The summed E-state index contributed by atoms with van der Waals surface area (Å²) in [6.07, 6.45) is -17.3. The third-order valence-electron chi connectivity index (χ3n) is 15.2. The summed E-state index contributed by atoms with van der Waals surface area (Å²) in [5, 5.41) is 116. The minimum Gasteiger partial charge on any atom is -0.504 e. The second kappa shape index (κ2) is 29.3. The Balaban J connectivity index is 1.22. The van der Waals surface area contributed by atoms with Crippen molar-refractivity contribution < 1.29 is 111 Å². The van der Waals surface area contributed by atoms with Crippen molar-refractivity contribution in [2.24, 2.45) is 11.7 Å². The maximum absolute atomic E-state index is 14.7. The normalized spacial score (nSPS) is 26.4. The zero-order valence-corrected chi connectivity index (χ0v) is 48.9. The molecule has 4 heterocycles. The number of nitrogens with zero attached hydrogens (tertiary/aromatic N) is 3. The Labute approximate surface area is 507 Å². The number of unbranched alkanes of at least 4 members (excludes halogenated alkanes) is 2. The maximum Gasteiger partial charge on any atom is 0.446 e. The first kappa shape index (κ1) is 68.1. The molecule has 33 heteroatoms. The molecule has 3 aliphatic rings. The maximum atomic E-state index is 14.7. The van der Waals surface area contributed by atoms with Gasteiger partial charge in [0.05, 0.1) is 37.4 Å². The highest BCUT2D eigenvalue weighted by Crippen LogP contribution is 2.34. The van der Waals surface area contributed by atoms with Crippen molar-refractivity contribution >= 4 is 57.7 Å². The van der Waals surface area contributed by atoms with E-state index in [1.54, 1.807) is 30.3 Å². The minimum absolute atomic E-state index is 0.107. The van der Waals surface area contributed by atoms with Crippen molar-refractivity contribution in [2.75, 3.05) is 19.7 Å². The molecule has 15 atom stereocenters. The Bertz CT molecular complexity index is 3340. The van der Waals surface area contributed by atoms with Crippen molar-refractivity contribution in [1.82, 2.24) is 41.5 Å². The molecule has 1 aromatic heterocycles. The summed E-state index contributed by atoms with van der Waals surface area (Å²) in [6, 6.07) is 3.52. The number of nitrogens with one attached hydrogen (secondary N) is 5. The molecule has 8 amide bonds. The van der Waals surface area contributed by atoms with E-state index in [1.807, 2.05) is 10.6 Å². The van der Waals surface area contributed by atoms with Crippen LogP contribution in [0.3, 0.4) is 0 Å². The zero-order valence-electron chi connectivity index (χ0n) is 48.1. The molecule has 484 valence electrons. The van der Waals surface area contributed by atoms with E-state index in [-0.39, 0.29) is 5.56 Å². The highest BCUT2D eigenvalue weighted by Gasteiger charge is 2.51. The van der Waals surface area contributed by atoms with Gasteiger partial charge in [-0.3, -0.25) is 42.9 Å². The number of primary amides is 1. The molecule has 3 aromatic carbocycles. The topological polar surface area (TPSA) is 510 Å². The Morgan fingerprint density at radius 3 is 2.07 bits per heavy atom. The number of amides is 8. The smallest absolute Gasteiger partial charge is 0.446 e. The fraction of sp³-hybridized carbons (Fsp3) is 0.482. The molecule has 0 aliphatic carbocycles. The minimum atomic E-state index is -5.35. The number of aromatic hydroxyl groups is 1. The molecule has 89 heavy (non-hydrogen) atoms. The number of fused-ring (bicyclic) bond motifs is 2. The van der Waals surface area contributed by atoms with Crippen LogP contribution in [0.5, 0.6) is 17.2 Å². The van der Waals surface area contributed by atoms with Gasteiger partial charge >= 0.3 is 10.4 Å². The number of aliphatic hydroxyl groups is 8. The second-order valence-electron chi connectivity index (χ2n) is 21.9. The van der Waals surface area contributed by atoms with Gasteiger partial charge in [-0.05, 0) is 67.4 Å². The number of aromatic nitrogens is 1. The van der Waals surface area contributed by atoms with Gasteiger partial charge in [-0.1, -0.05) is 50.0 Å². The summed E-state index contributed by atoms with van der Waals surface area (Å²) in [5.74, 6) is -12.9. The zero-order chi connectivity index (χ0) is 65.3. The molecule has 4 aromatic rings. The average Bonchev–Trinajstić information content (AvgIpc) is 2.76. The molecule has 3 saturated heterocycles. The fourth-order valence-corrected chi connectivity index (χ4v) is 10.7. The van der Waals surface area contributed by atoms with E-state index in [0.29, 0.717) is 56.9 Å². The van der Waals surface area contributed by atoms with Crippen molar-refractivity contribution in [3.05, 3.63) is 83.9 Å². The number of nitrogens with two attached hydrogens (primary N) is 1. The van der Waals surface area contributed by atoms with Crippen LogP contribution in [0, 0.1) is 5.92 Å². The number of aliphatic hydroxyl groups excluding tert-OH is 8. The molecule has 17 N–H and O–H groups in total. The van der Waals surface area contributed by atoms with Gasteiger partial charge in [0, 0.05) is 54.6 Å². The van der Waals surface area contributed by atoms with E-state index in [4.69, 9.17) is 15.0 Å². The van der Waals surface area contributed by atoms with Crippen LogP contribution >= 0.6 is 0 Å². The fourth-order valence-electron chi connectivity index (χ4n) is 10.3. The van der Waals surface area contributed by atoms with Gasteiger partial charge in [0.1, 0.15) is 66.0 Å². The third-order valence-corrected chi connectivity index (χ3v) is 15.6. The average molecular weight is 1270 g/mol. The van der Waals surface area contributed by atoms with Gasteiger partial charge in [-0.15, -0.1) is 0 Å². The lowest BCUT2D eigenvalue weighted by Crippen LogP contribution is -2.64. The first-order valence-electron chi connectivity index (χ1n) is 28.1. The van der Waals surface area contributed by atoms with Gasteiger partial charge < -0.3 is 102 Å². The molecule has 0 radical (unpaired) electrons. The van der Waals surface area contributed by atoms with E-state index in [1.165, 1.54) is 31.2 Å². The lowest BCUT2D eigenvalue weighted by atomic mass is 9.96. The summed E-state index contributed by atoms with van der Waals surface area (Å²) in [5.41, 5.74) is 6.17. The van der Waals surface area contributed by atoms with E-state index >= 15 is 0 Å². The highest BCUT2D eigenvalue weighted by molar-refractivity contribution is 7.81. The SMILES string of the molecule is CCCCCOc1ccc(-c2cc(-c3ccc(C(=O)NC4C[C@H](O)[C@H](O)NC(=O)[C@H]5[C@H](O)[C@H](C)CN5C(=O)[C@@H]([C@@H](O)CC(N)=O)NC(=O)[C@@H](C(O)[C@@H](O)c5ccc(O)c(OS(=O)(=O)O)c5)NC(=O)[C@H]5C[C@H](O)CN5C(=O)[C@@H]([C@@H](C)O)NC4=O)cc3)no2)cc1. The lowest BCUT2D eigenvalue weighted by Gasteiger charge is -2.34. The molecular formula is C56H71N9O23S. The van der Waals surface area contributed by atoms with Crippen molar-refractivity contribution in [3.8, 4) is 39.8 Å². The predicted molar refractivity (Wildman–Crippen MR) is 304 cm³/mol. The van der Waals surface area contributed by atoms with Crippen molar-refractivity contribution in [2.45, 2.75) is 145 Å². The van der Waals surface area contributed by atoms with Crippen molar-refractivity contribution in [3.63, 3.8) is 0 Å². The largest absolute Gasteiger partial charge is 0.504 e. The molecule has 0 bridgehead atoms. The number of carbonyl (C=O) groups is 8. The van der Waals surface area contributed by atoms with Crippen molar-refractivity contribution in [1.29, 1.82) is 0 Å². The quantitative estimate of drug-likeness (QED) is 0.0334. The Morgan fingerprint density at radius 2 is 1.43 bits per heavy atom. The number of rotatable bonds is 18. The standard InChI is InChI=1S/C56H71N9O23S/c1-4-5-6-17-86-32-14-11-28(12-15-32)39-21-33(63-87-39)27-7-9-29(10-8-27)49(75)58-34-20-38(70)52(78)62-54(80)45-46(72)25(2)23-65(45)56(82)43(37(69)22-41(57)71)60-53(79)44(48(74)47(73)30-13-16-36(68)40(18-30)88-89(83,84)85)61-51(77)35-19-31(67)24-64(35)55(81)42(26(3)66)59-50(34)76/h7-16,18,21,25-26,31,34-35,37-38,42-48,52,66-70,72-74,78H,4-6,17,19-20,22-24H2,1-3H3,(H2,57,71)(H,58,75)(H,59,76)(H,60,79)(H,61,77)(H,62,80)(H,83,84,85)/t25-,26-,31+,34?,35-,37+,38+,42-,43-,44-,45-,46-,47+,48?,52+/m1/s1. The van der Waals surface area contributed by atoms with E-state index in [2.05, 4.69) is 32.2 Å². The summed E-state index contributed by atoms with van der Waals surface area (Å²) < 4.78 is 48.1. The van der Waals surface area contributed by atoms with Crippen LogP contribution in [0.15, 0.2) is 77.3 Å². The third kappa shape index (κ3) is 16.9. The van der Waals surface area contributed by atoms with Crippen LogP contribution in [0.1, 0.15) is 81.3 Å². The van der Waals surface area contributed by atoms with Crippen LogP contribution in [-0.2, 0) is 44.0 Å². The van der Waals surface area contributed by atoms with Gasteiger partial charge in [-0.25, -0.2) is 0 Å². The predicted octanol–water partition coefficient (Wildman–Crippen LogP) is -3.90. The first-order valence-corrected chi connectivity index (χ1v) is 29.5. The molecule has 32 nitrogen and oxygen atoms in total. The number of hydrogen-bond donors (Lipinski definition) is 16. The summed E-state index contributed by atoms with van der Waals surface area (Å²) in [6.45, 7) is 3.74. The number of phenols is 1. The number of ether oxygens (including phenoxy) is 1. The highest BCUT2D eigenvalue weighted by atomic mass is 32.3. The van der Waals surface area contributed by atoms with Gasteiger partial charge in [0.25, 0.3) is 5.91 Å². The number of phenolic OH excluding ortho intramolecular Hbond substituents is 1. The molecule has 7 rings (SSSR count). The molecule has 2 unspecified atom stereocenters. The van der Waals surface area contributed by atoms with E-state index in [0.717, 1.165) is 32.3 Å². The van der Waals surface area contributed by atoms with Crippen LogP contribution < -0.4 is 41.2 Å². The second-order valence-corrected chi connectivity index (χ2v) is 22.9. The Kier molecular flexibility index (Phi) is 22.4. The molecule has 3 aliphatic heterocycles. The van der Waals surface area contributed by atoms with Gasteiger partial charge in [-0.2, -0.15) is 8.42 Å². The first-order chi connectivity index (χ1) is 42.0. The Morgan fingerprint density at radius 1 is 0.787 bits per heavy atom. The van der Waals surface area contributed by atoms with Gasteiger partial charge in [0.15, 0.2) is 23.5 Å². The lowest BCUT2D eigenvalue weighted by molar-refractivity contribution is -0.149. The summed E-state index contributed by atoms with van der Waals surface area (Å²) in [4.78, 5) is 115. The number of hydrogen-bond acceptors (Lipinski definition) is 23. The van der Waals surface area contributed by atoms with Gasteiger partial charge in [0.2, 0.25) is 41.4 Å². The van der Waals surface area contributed by atoms with Crippen LogP contribution in [-0.4, -0.2) is 220 Å². The molecular weight excluding hydrogens is 1200 g/mol. The van der Waals surface area contributed by atoms with E-state index in [9.17, 15) is 97.3 Å². The summed E-state index contributed by atoms with van der Waals surface area (Å²) in [7, 11) is -5.35. The van der Waals surface area contributed by atoms with Crippen LogP contribution in [0.25, 0.3) is 22.6 Å². The van der Waals surface area contributed by atoms with Crippen LogP contribution in [0.4, 0.5) is 0 Å². The van der Waals surface area contributed by atoms with E-state index < -0.39 is 198 Å². The number of carbonyl (C=O) groups excluding carboxylic acids is 8. The molecule has 0 saturated carbocycles.